The summed E-state index contributed by atoms with van der Waals surface area (Å²) in [4.78, 5) is 33.4. The maximum Gasteiger partial charge on any atom is 0.293 e. The van der Waals surface area contributed by atoms with Gasteiger partial charge in [0.25, 0.3) is 5.91 Å². The highest BCUT2D eigenvalue weighted by atomic mass is 32.1. The van der Waals surface area contributed by atoms with Crippen LogP contribution in [-0.4, -0.2) is 62.6 Å². The number of thiophene rings is 1. The summed E-state index contributed by atoms with van der Waals surface area (Å²) >= 11 is 1.47. The van der Waals surface area contributed by atoms with Gasteiger partial charge in [0.15, 0.2) is 5.82 Å². The normalized spacial score (nSPS) is 14.7. The van der Waals surface area contributed by atoms with Crippen LogP contribution in [0.1, 0.15) is 24.0 Å². The first-order valence-corrected chi connectivity index (χ1v) is 10.2. The fourth-order valence-electron chi connectivity index (χ4n) is 3.33. The molecule has 0 atom stereocenters. The highest BCUT2D eigenvalue weighted by molar-refractivity contribution is 7.13. The Morgan fingerprint density at radius 3 is 2.59 bits per heavy atom. The molecule has 2 aromatic heterocycles. The maximum atomic E-state index is 13.8. The van der Waals surface area contributed by atoms with Crippen molar-refractivity contribution in [2.45, 2.75) is 13.3 Å². The average molecular weight is 413 g/mol. The van der Waals surface area contributed by atoms with Gasteiger partial charge in [-0.05, 0) is 36.1 Å². The second-order valence-corrected chi connectivity index (χ2v) is 7.73. The lowest BCUT2D eigenvalue weighted by molar-refractivity contribution is -0.128. The summed E-state index contributed by atoms with van der Waals surface area (Å²) in [5.74, 6) is -0.112. The smallest absolute Gasteiger partial charge is 0.293 e. The lowest BCUT2D eigenvalue weighted by atomic mass is 10.3. The molecule has 1 fully saturated rings. The Morgan fingerprint density at radius 1 is 1.07 bits per heavy atom. The summed E-state index contributed by atoms with van der Waals surface area (Å²) in [6.07, 6.45) is 0.702. The van der Waals surface area contributed by atoms with Crippen molar-refractivity contribution in [3.63, 3.8) is 0 Å². The molecule has 0 bridgehead atoms. The first-order chi connectivity index (χ1) is 14.0. The molecular weight excluding hydrogens is 393 g/mol. The zero-order valence-electron chi connectivity index (χ0n) is 15.9. The molecule has 1 aliphatic heterocycles. The van der Waals surface area contributed by atoms with E-state index in [1.165, 1.54) is 35.1 Å². The number of amides is 2. The van der Waals surface area contributed by atoms with E-state index in [0.29, 0.717) is 44.1 Å². The second-order valence-electron chi connectivity index (χ2n) is 6.78. The maximum absolute atomic E-state index is 13.8. The second kappa shape index (κ2) is 8.12. The van der Waals surface area contributed by atoms with E-state index in [1.807, 2.05) is 17.5 Å². The lowest BCUT2D eigenvalue weighted by Crippen LogP contribution is -2.37. The minimum atomic E-state index is -0.389. The van der Waals surface area contributed by atoms with Crippen LogP contribution in [-0.2, 0) is 4.79 Å². The van der Waals surface area contributed by atoms with Gasteiger partial charge in [-0.15, -0.1) is 16.4 Å². The Kier molecular flexibility index (Phi) is 5.39. The number of benzene rings is 1. The number of aromatic nitrogens is 3. The number of hydrogen-bond acceptors (Lipinski definition) is 5. The topological polar surface area (TPSA) is 71.3 Å². The number of halogens is 1. The third-order valence-corrected chi connectivity index (χ3v) is 5.69. The van der Waals surface area contributed by atoms with Crippen molar-refractivity contribution in [2.75, 3.05) is 26.2 Å². The quantitative estimate of drug-likeness (QED) is 0.662. The van der Waals surface area contributed by atoms with Gasteiger partial charge in [0.1, 0.15) is 5.82 Å². The predicted molar refractivity (Wildman–Crippen MR) is 107 cm³/mol. The molecule has 0 N–H and O–H groups in total. The van der Waals surface area contributed by atoms with Crippen molar-refractivity contribution in [1.82, 2.24) is 24.6 Å². The van der Waals surface area contributed by atoms with Crippen molar-refractivity contribution in [3.8, 4) is 16.4 Å². The molecule has 0 unspecified atom stereocenters. The van der Waals surface area contributed by atoms with Crippen LogP contribution < -0.4 is 0 Å². The zero-order chi connectivity index (χ0) is 20.4. The van der Waals surface area contributed by atoms with E-state index in [0.717, 1.165) is 4.88 Å². The summed E-state index contributed by atoms with van der Waals surface area (Å²) < 4.78 is 15.3. The fourth-order valence-corrected chi connectivity index (χ4v) is 4.03. The molecule has 3 heterocycles. The van der Waals surface area contributed by atoms with Crippen molar-refractivity contribution < 1.29 is 14.0 Å². The average Bonchev–Trinajstić information content (AvgIpc) is 3.31. The molecule has 1 aromatic carbocycles. The number of carbonyl (C=O) groups excluding carboxylic acids is 2. The van der Waals surface area contributed by atoms with E-state index < -0.39 is 0 Å². The van der Waals surface area contributed by atoms with Crippen molar-refractivity contribution in [1.29, 1.82) is 0 Å². The summed E-state index contributed by atoms with van der Waals surface area (Å²) in [7, 11) is 0. The predicted octanol–water partition coefficient (Wildman–Crippen LogP) is 2.83. The molecule has 9 heteroatoms. The van der Waals surface area contributed by atoms with E-state index >= 15 is 0 Å². The third-order valence-electron chi connectivity index (χ3n) is 4.82. The molecule has 0 radical (unpaired) electrons. The Balaban J connectivity index is 1.67. The molecule has 150 valence electrons. The van der Waals surface area contributed by atoms with Crippen molar-refractivity contribution >= 4 is 23.2 Å². The van der Waals surface area contributed by atoms with Crippen molar-refractivity contribution in [3.05, 3.63) is 53.4 Å². The summed E-state index contributed by atoms with van der Waals surface area (Å²) in [6, 6.07) is 9.80. The molecule has 7 nitrogen and oxygen atoms in total. The van der Waals surface area contributed by atoms with Crippen LogP contribution in [0.4, 0.5) is 4.39 Å². The molecule has 0 aliphatic carbocycles. The number of nitrogens with zero attached hydrogens (tertiary/aromatic N) is 5. The largest absolute Gasteiger partial charge is 0.341 e. The molecule has 29 heavy (non-hydrogen) atoms. The Morgan fingerprint density at radius 2 is 1.86 bits per heavy atom. The minimum absolute atomic E-state index is 0.00721. The van der Waals surface area contributed by atoms with Gasteiger partial charge in [-0.1, -0.05) is 12.1 Å². The summed E-state index contributed by atoms with van der Waals surface area (Å²) in [5.41, 5.74) is 0.499. The van der Waals surface area contributed by atoms with E-state index in [-0.39, 0.29) is 23.5 Å². The Bertz CT molecular complexity index is 1030. The van der Waals surface area contributed by atoms with Crippen LogP contribution in [0.15, 0.2) is 41.8 Å². The Hall–Kier alpha value is -3.07. The molecule has 0 saturated carbocycles. The van der Waals surface area contributed by atoms with Crippen LogP contribution >= 0.6 is 11.3 Å². The fraction of sp³-hybridized carbons (Fsp3) is 0.300. The highest BCUT2D eigenvalue weighted by Gasteiger charge is 2.26. The number of carbonyl (C=O) groups is 2. The van der Waals surface area contributed by atoms with E-state index in [1.54, 1.807) is 21.9 Å². The lowest BCUT2D eigenvalue weighted by Gasteiger charge is -2.20. The standard InChI is InChI=1S/C20H20FN5O2S/c1-14(27)24-8-4-9-25(11-10-24)20(28)18-22-19(17-7-3-12-29-17)26(23-18)16-6-2-5-15(21)13-16/h2-3,5-7,12-13H,4,8-11H2,1H3. The Labute approximate surface area is 171 Å². The molecule has 4 rings (SSSR count). The van der Waals surface area contributed by atoms with Gasteiger partial charge in [0.05, 0.1) is 10.6 Å². The van der Waals surface area contributed by atoms with E-state index in [2.05, 4.69) is 10.1 Å². The molecule has 3 aromatic rings. The monoisotopic (exact) mass is 413 g/mol. The summed E-state index contributed by atoms with van der Waals surface area (Å²) in [6.45, 7) is 3.62. The van der Waals surface area contributed by atoms with Crippen LogP contribution in [0.2, 0.25) is 0 Å². The van der Waals surface area contributed by atoms with Gasteiger partial charge in [-0.3, -0.25) is 9.59 Å². The van der Waals surface area contributed by atoms with Crippen molar-refractivity contribution in [2.24, 2.45) is 0 Å². The molecule has 1 aliphatic rings. The van der Waals surface area contributed by atoms with Gasteiger partial charge in [-0.25, -0.2) is 14.1 Å². The van der Waals surface area contributed by atoms with Crippen LogP contribution in [0.5, 0.6) is 0 Å². The van der Waals surface area contributed by atoms with E-state index in [9.17, 15) is 14.0 Å². The summed E-state index contributed by atoms with van der Waals surface area (Å²) in [5, 5.41) is 6.32. The SMILES string of the molecule is CC(=O)N1CCCN(C(=O)c2nc(-c3cccs3)n(-c3cccc(F)c3)n2)CC1. The number of rotatable bonds is 3. The first kappa shape index (κ1) is 19.3. The molecule has 2 amide bonds. The molecule has 1 saturated heterocycles. The van der Waals surface area contributed by atoms with E-state index in [4.69, 9.17) is 0 Å². The highest BCUT2D eigenvalue weighted by Crippen LogP contribution is 2.26. The minimum Gasteiger partial charge on any atom is -0.341 e. The molecular formula is C20H20FN5O2S. The van der Waals surface area contributed by atoms with Gasteiger partial charge >= 0.3 is 0 Å². The van der Waals surface area contributed by atoms with Crippen LogP contribution in [0.3, 0.4) is 0 Å². The third kappa shape index (κ3) is 4.04. The first-order valence-electron chi connectivity index (χ1n) is 9.34. The van der Waals surface area contributed by atoms with Crippen LogP contribution in [0.25, 0.3) is 16.4 Å². The van der Waals surface area contributed by atoms with Gasteiger partial charge in [0.2, 0.25) is 11.7 Å². The zero-order valence-corrected chi connectivity index (χ0v) is 16.7. The number of hydrogen-bond donors (Lipinski definition) is 0. The van der Waals surface area contributed by atoms with Gasteiger partial charge in [-0.2, -0.15) is 0 Å². The van der Waals surface area contributed by atoms with Crippen LogP contribution in [0, 0.1) is 5.82 Å². The molecule has 0 spiro atoms. The van der Waals surface area contributed by atoms with Gasteiger partial charge in [0, 0.05) is 33.1 Å². The van der Waals surface area contributed by atoms with Gasteiger partial charge < -0.3 is 9.80 Å².